The van der Waals surface area contributed by atoms with Crippen LogP contribution >= 0.6 is 11.3 Å². The van der Waals surface area contributed by atoms with Gasteiger partial charge in [0.1, 0.15) is 0 Å². The highest BCUT2D eigenvalue weighted by Gasteiger charge is 2.29. The van der Waals surface area contributed by atoms with Gasteiger partial charge in [-0.3, -0.25) is 14.6 Å². The van der Waals surface area contributed by atoms with Crippen molar-refractivity contribution in [1.29, 1.82) is 0 Å². The summed E-state index contributed by atoms with van der Waals surface area (Å²) >= 11 is 1.74. The second kappa shape index (κ2) is 5.93. The molecule has 3 rings (SSSR count). The Hall–Kier alpha value is -1.40. The van der Waals surface area contributed by atoms with Crippen molar-refractivity contribution in [3.8, 4) is 0 Å². The molecule has 3 heterocycles. The Morgan fingerprint density at radius 2 is 2.25 bits per heavy atom. The lowest BCUT2D eigenvalue weighted by atomic mass is 10.1. The van der Waals surface area contributed by atoms with E-state index in [-0.39, 0.29) is 18.5 Å². The number of hydrogen-bond donors (Lipinski definition) is 1. The summed E-state index contributed by atoms with van der Waals surface area (Å²) < 4.78 is 0. The van der Waals surface area contributed by atoms with Gasteiger partial charge in [0.15, 0.2) is 0 Å². The molecule has 20 heavy (non-hydrogen) atoms. The molecule has 0 aromatic carbocycles. The number of nitrogens with zero attached hydrogens (tertiary/aromatic N) is 2. The SMILES string of the molecule is O=C1CNC(=O)N1CCCN1CCC[C@H]1c1ccsc1. The quantitative estimate of drug-likeness (QED) is 0.843. The zero-order valence-corrected chi connectivity index (χ0v) is 12.2. The highest BCUT2D eigenvalue weighted by atomic mass is 32.1. The van der Waals surface area contributed by atoms with Crippen molar-refractivity contribution in [3.05, 3.63) is 22.4 Å². The molecule has 5 nitrogen and oxygen atoms in total. The molecule has 0 unspecified atom stereocenters. The minimum atomic E-state index is -0.245. The second-order valence-electron chi connectivity index (χ2n) is 5.31. The van der Waals surface area contributed by atoms with Crippen LogP contribution < -0.4 is 5.32 Å². The minimum absolute atomic E-state index is 0.106. The zero-order valence-electron chi connectivity index (χ0n) is 11.4. The van der Waals surface area contributed by atoms with Crippen molar-refractivity contribution in [2.75, 3.05) is 26.2 Å². The first-order valence-corrected chi connectivity index (χ1v) is 8.04. The van der Waals surface area contributed by atoms with Crippen LogP contribution in [0.4, 0.5) is 4.79 Å². The fourth-order valence-corrected chi connectivity index (χ4v) is 3.76. The molecule has 3 amide bonds. The fourth-order valence-electron chi connectivity index (χ4n) is 3.05. The maximum atomic E-state index is 11.5. The highest BCUT2D eigenvalue weighted by molar-refractivity contribution is 7.07. The average Bonchev–Trinajstić information content (AvgIpc) is 3.14. The van der Waals surface area contributed by atoms with E-state index >= 15 is 0 Å². The molecule has 0 aliphatic carbocycles. The van der Waals surface area contributed by atoms with E-state index in [0.717, 1.165) is 19.5 Å². The van der Waals surface area contributed by atoms with Crippen molar-refractivity contribution >= 4 is 23.3 Å². The monoisotopic (exact) mass is 293 g/mol. The van der Waals surface area contributed by atoms with Crippen LogP contribution in [-0.4, -0.2) is 47.9 Å². The molecular formula is C14H19N3O2S. The minimum Gasteiger partial charge on any atom is -0.329 e. The van der Waals surface area contributed by atoms with Gasteiger partial charge in [-0.15, -0.1) is 0 Å². The van der Waals surface area contributed by atoms with E-state index < -0.39 is 0 Å². The number of amides is 3. The molecule has 1 aromatic rings. The third-order valence-corrected chi connectivity index (χ3v) is 4.76. The standard InChI is InChI=1S/C14H19N3O2S/c18-13-9-15-14(19)17(13)7-2-6-16-5-1-3-12(16)11-4-8-20-10-11/h4,8,10,12H,1-3,5-7,9H2,(H,15,19)/t12-/m0/s1. The van der Waals surface area contributed by atoms with Crippen molar-refractivity contribution in [3.63, 3.8) is 0 Å². The van der Waals surface area contributed by atoms with E-state index in [0.29, 0.717) is 12.6 Å². The maximum Gasteiger partial charge on any atom is 0.324 e. The first kappa shape index (κ1) is 13.6. The summed E-state index contributed by atoms with van der Waals surface area (Å²) in [5.41, 5.74) is 1.41. The molecule has 2 aliphatic rings. The van der Waals surface area contributed by atoms with Gasteiger partial charge >= 0.3 is 6.03 Å². The molecule has 0 saturated carbocycles. The lowest BCUT2D eigenvalue weighted by Crippen LogP contribution is -2.34. The lowest BCUT2D eigenvalue weighted by Gasteiger charge is -2.24. The Balaban J connectivity index is 1.51. The third-order valence-electron chi connectivity index (χ3n) is 4.06. The molecule has 0 bridgehead atoms. The van der Waals surface area contributed by atoms with Gasteiger partial charge in [-0.2, -0.15) is 11.3 Å². The average molecular weight is 293 g/mol. The lowest BCUT2D eigenvalue weighted by molar-refractivity contribution is -0.125. The molecule has 0 spiro atoms. The van der Waals surface area contributed by atoms with Crippen LogP contribution in [0, 0.1) is 0 Å². The summed E-state index contributed by atoms with van der Waals surface area (Å²) in [7, 11) is 0. The van der Waals surface area contributed by atoms with E-state index in [1.807, 2.05) is 0 Å². The second-order valence-corrected chi connectivity index (χ2v) is 6.09. The maximum absolute atomic E-state index is 11.5. The Labute approximate surface area is 122 Å². The number of rotatable bonds is 5. The van der Waals surface area contributed by atoms with Gasteiger partial charge in [-0.25, -0.2) is 4.79 Å². The van der Waals surface area contributed by atoms with Gasteiger partial charge in [0.25, 0.3) is 0 Å². The largest absolute Gasteiger partial charge is 0.329 e. The summed E-state index contributed by atoms with van der Waals surface area (Å²) in [6.45, 7) is 2.73. The van der Waals surface area contributed by atoms with Gasteiger partial charge in [0, 0.05) is 19.1 Å². The van der Waals surface area contributed by atoms with Crippen LogP contribution in [0.5, 0.6) is 0 Å². The van der Waals surface area contributed by atoms with Crippen LogP contribution in [0.1, 0.15) is 30.9 Å². The van der Waals surface area contributed by atoms with Crippen molar-refractivity contribution < 1.29 is 9.59 Å². The smallest absolute Gasteiger partial charge is 0.324 e. The van der Waals surface area contributed by atoms with Gasteiger partial charge in [-0.05, 0) is 48.2 Å². The van der Waals surface area contributed by atoms with E-state index in [9.17, 15) is 9.59 Å². The van der Waals surface area contributed by atoms with E-state index in [1.165, 1.54) is 23.3 Å². The normalized spacial score (nSPS) is 23.6. The highest BCUT2D eigenvalue weighted by Crippen LogP contribution is 2.32. The van der Waals surface area contributed by atoms with Crippen LogP contribution in [-0.2, 0) is 4.79 Å². The van der Waals surface area contributed by atoms with Crippen LogP contribution in [0.25, 0.3) is 0 Å². The molecule has 2 fully saturated rings. The molecule has 1 N–H and O–H groups in total. The number of urea groups is 1. The van der Waals surface area contributed by atoms with Gasteiger partial charge < -0.3 is 5.32 Å². The van der Waals surface area contributed by atoms with E-state index in [4.69, 9.17) is 0 Å². The number of carbonyl (C=O) groups is 2. The fraction of sp³-hybridized carbons (Fsp3) is 0.571. The molecule has 108 valence electrons. The van der Waals surface area contributed by atoms with E-state index in [2.05, 4.69) is 27.0 Å². The van der Waals surface area contributed by atoms with Gasteiger partial charge in [-0.1, -0.05) is 0 Å². The topological polar surface area (TPSA) is 52.7 Å². The van der Waals surface area contributed by atoms with E-state index in [1.54, 1.807) is 11.3 Å². The zero-order chi connectivity index (χ0) is 13.9. The van der Waals surface area contributed by atoms with Crippen molar-refractivity contribution in [1.82, 2.24) is 15.1 Å². The Bertz CT molecular complexity index is 473. The van der Waals surface area contributed by atoms with Crippen LogP contribution in [0.15, 0.2) is 16.8 Å². The van der Waals surface area contributed by atoms with Crippen molar-refractivity contribution in [2.24, 2.45) is 0 Å². The first-order chi connectivity index (χ1) is 9.75. The number of hydrogen-bond acceptors (Lipinski definition) is 4. The van der Waals surface area contributed by atoms with Crippen LogP contribution in [0.2, 0.25) is 0 Å². The molecule has 2 saturated heterocycles. The Kier molecular flexibility index (Phi) is 4.03. The predicted octanol–water partition coefficient (Wildman–Crippen LogP) is 1.83. The summed E-state index contributed by atoms with van der Waals surface area (Å²) in [5, 5.41) is 6.90. The predicted molar refractivity (Wildman–Crippen MR) is 77.6 cm³/mol. The molecular weight excluding hydrogens is 274 g/mol. The Morgan fingerprint density at radius 3 is 2.95 bits per heavy atom. The number of imide groups is 1. The van der Waals surface area contributed by atoms with Crippen LogP contribution in [0.3, 0.4) is 0 Å². The molecule has 2 aliphatic heterocycles. The molecule has 1 atom stereocenters. The summed E-state index contributed by atoms with van der Waals surface area (Å²) in [5.74, 6) is -0.106. The summed E-state index contributed by atoms with van der Waals surface area (Å²) in [6, 6.07) is 2.47. The molecule has 0 radical (unpaired) electrons. The molecule has 6 heteroatoms. The van der Waals surface area contributed by atoms with Gasteiger partial charge in [0.05, 0.1) is 6.54 Å². The summed E-state index contributed by atoms with van der Waals surface area (Å²) in [4.78, 5) is 26.7. The van der Waals surface area contributed by atoms with Crippen molar-refractivity contribution in [2.45, 2.75) is 25.3 Å². The molecule has 1 aromatic heterocycles. The first-order valence-electron chi connectivity index (χ1n) is 7.10. The Morgan fingerprint density at radius 1 is 1.35 bits per heavy atom. The number of likely N-dealkylation sites (tertiary alicyclic amines) is 1. The third kappa shape index (κ3) is 2.71. The summed E-state index contributed by atoms with van der Waals surface area (Å²) in [6.07, 6.45) is 3.28. The number of carbonyl (C=O) groups excluding carboxylic acids is 2. The number of thiophene rings is 1. The van der Waals surface area contributed by atoms with Gasteiger partial charge in [0.2, 0.25) is 5.91 Å². The number of nitrogens with one attached hydrogen (secondary N) is 1.